The minimum Gasteiger partial charge on any atom is -0.342 e. The molecule has 0 spiro atoms. The number of fused-ring (bicyclic) bond motifs is 3. The molecular weight excluding hydrogens is 386 g/mol. The van der Waals surface area contributed by atoms with E-state index in [0.29, 0.717) is 36.5 Å². The minimum atomic E-state index is -3.51. The number of piperidine rings is 1. The zero-order chi connectivity index (χ0) is 18.3. The summed E-state index contributed by atoms with van der Waals surface area (Å²) in [5.41, 5.74) is 2.19. The van der Waals surface area contributed by atoms with Crippen molar-refractivity contribution in [1.29, 1.82) is 0 Å². The van der Waals surface area contributed by atoms with Crippen LogP contribution in [0.3, 0.4) is 0 Å². The molecule has 2 atom stereocenters. The Labute approximate surface area is 167 Å². The predicted octanol–water partition coefficient (Wildman–Crippen LogP) is 1.62. The van der Waals surface area contributed by atoms with E-state index in [2.05, 4.69) is 10.0 Å². The number of nitrogens with zero attached hydrogens (tertiary/aromatic N) is 1. The van der Waals surface area contributed by atoms with Crippen molar-refractivity contribution in [2.24, 2.45) is 0 Å². The summed E-state index contributed by atoms with van der Waals surface area (Å²) < 4.78 is 28.7. The number of sulfonamides is 1. The van der Waals surface area contributed by atoms with Crippen LogP contribution >= 0.6 is 12.4 Å². The molecule has 3 aliphatic rings. The average molecular weight is 414 g/mol. The average Bonchev–Trinajstić information content (AvgIpc) is 2.81. The zero-order valence-corrected chi connectivity index (χ0v) is 17.2. The Morgan fingerprint density at radius 1 is 1.11 bits per heavy atom. The van der Waals surface area contributed by atoms with Gasteiger partial charge in [0.15, 0.2) is 0 Å². The summed E-state index contributed by atoms with van der Waals surface area (Å²) in [6.45, 7) is 2.93. The number of benzene rings is 1. The maximum absolute atomic E-state index is 12.9. The van der Waals surface area contributed by atoms with Crippen molar-refractivity contribution in [2.45, 2.75) is 68.5 Å². The molecule has 6 nitrogen and oxygen atoms in total. The second kappa shape index (κ2) is 8.07. The van der Waals surface area contributed by atoms with Gasteiger partial charge in [-0.05, 0) is 61.8 Å². The largest absolute Gasteiger partial charge is 0.342 e. The Bertz CT molecular complexity index is 802. The van der Waals surface area contributed by atoms with Crippen molar-refractivity contribution < 1.29 is 13.2 Å². The predicted molar refractivity (Wildman–Crippen MR) is 107 cm³/mol. The van der Waals surface area contributed by atoms with Crippen LogP contribution in [0.1, 0.15) is 43.7 Å². The highest BCUT2D eigenvalue weighted by atomic mass is 35.5. The number of carbonyl (C=O) groups excluding carboxylic acids is 1. The second-order valence-electron chi connectivity index (χ2n) is 7.86. The lowest BCUT2D eigenvalue weighted by atomic mass is 10.0. The van der Waals surface area contributed by atoms with Gasteiger partial charge in [-0.2, -0.15) is 0 Å². The van der Waals surface area contributed by atoms with Gasteiger partial charge in [-0.1, -0.05) is 6.07 Å². The number of halogens is 1. The third kappa shape index (κ3) is 4.47. The molecule has 3 aliphatic heterocycles. The fourth-order valence-electron chi connectivity index (χ4n) is 4.62. The Morgan fingerprint density at radius 2 is 1.74 bits per heavy atom. The summed E-state index contributed by atoms with van der Waals surface area (Å²) >= 11 is 0. The van der Waals surface area contributed by atoms with Gasteiger partial charge in [-0.15, -0.1) is 12.4 Å². The molecule has 150 valence electrons. The summed E-state index contributed by atoms with van der Waals surface area (Å²) in [5.74, 6) is 0.0767. The summed E-state index contributed by atoms with van der Waals surface area (Å²) in [6.07, 6.45) is 5.52. The molecule has 2 fully saturated rings. The van der Waals surface area contributed by atoms with E-state index in [9.17, 15) is 13.2 Å². The number of hydrogen-bond donors (Lipinski definition) is 2. The van der Waals surface area contributed by atoms with Gasteiger partial charge in [-0.25, -0.2) is 13.1 Å². The summed E-state index contributed by atoms with van der Waals surface area (Å²) in [5, 5.41) is 3.54. The molecule has 1 aromatic carbocycles. The van der Waals surface area contributed by atoms with Crippen molar-refractivity contribution in [2.75, 3.05) is 13.1 Å². The summed E-state index contributed by atoms with van der Waals surface area (Å²) in [6, 6.07) is 6.35. The van der Waals surface area contributed by atoms with Gasteiger partial charge in [0, 0.05) is 38.1 Å². The van der Waals surface area contributed by atoms with E-state index in [1.54, 1.807) is 19.1 Å². The highest BCUT2D eigenvalue weighted by Crippen LogP contribution is 2.28. The maximum atomic E-state index is 12.9. The summed E-state index contributed by atoms with van der Waals surface area (Å²) in [7, 11) is -3.51. The van der Waals surface area contributed by atoms with E-state index in [1.165, 1.54) is 0 Å². The first-order chi connectivity index (χ1) is 12.4. The standard InChI is InChI=1S/C19H27N3O3S.ClH/c1-13(23)22-8-6-14-2-5-19(10-15(14)7-9-22)26(24,25)21-18-11-16-3-4-17(12-18)20-16;/h2,5,10,16-18,20-21H,3-4,6-9,11-12H2,1H3;1H. The number of rotatable bonds is 3. The van der Waals surface area contributed by atoms with Gasteiger partial charge in [-0.3, -0.25) is 4.79 Å². The monoisotopic (exact) mass is 413 g/mol. The fraction of sp³-hybridized carbons (Fsp3) is 0.632. The van der Waals surface area contributed by atoms with Gasteiger partial charge in [0.25, 0.3) is 0 Å². The lowest BCUT2D eigenvalue weighted by Gasteiger charge is -2.29. The van der Waals surface area contributed by atoms with Crippen molar-refractivity contribution >= 4 is 28.3 Å². The third-order valence-electron chi connectivity index (χ3n) is 6.03. The SMILES string of the molecule is CC(=O)N1CCc2ccc(S(=O)(=O)NC3CC4CCC(C3)N4)cc2CC1.Cl. The molecule has 2 N–H and O–H groups in total. The molecule has 2 unspecified atom stereocenters. The van der Waals surface area contributed by atoms with Crippen LogP contribution in [0.4, 0.5) is 0 Å². The van der Waals surface area contributed by atoms with Gasteiger partial charge in [0.2, 0.25) is 15.9 Å². The molecule has 0 saturated carbocycles. The normalized spacial score (nSPS) is 27.4. The van der Waals surface area contributed by atoms with Crippen molar-refractivity contribution in [3.63, 3.8) is 0 Å². The summed E-state index contributed by atoms with van der Waals surface area (Å²) in [4.78, 5) is 13.8. The molecule has 0 aliphatic carbocycles. The Balaban J connectivity index is 0.00000210. The number of nitrogens with one attached hydrogen (secondary N) is 2. The third-order valence-corrected chi connectivity index (χ3v) is 7.55. The lowest BCUT2D eigenvalue weighted by molar-refractivity contribution is -0.128. The van der Waals surface area contributed by atoms with Crippen molar-refractivity contribution in [3.8, 4) is 0 Å². The van der Waals surface area contributed by atoms with E-state index < -0.39 is 10.0 Å². The fourth-order valence-corrected chi connectivity index (χ4v) is 5.94. The Kier molecular flexibility index (Phi) is 6.15. The quantitative estimate of drug-likeness (QED) is 0.789. The van der Waals surface area contributed by atoms with E-state index in [4.69, 9.17) is 0 Å². The molecule has 1 aromatic rings. The molecule has 3 heterocycles. The van der Waals surface area contributed by atoms with E-state index >= 15 is 0 Å². The highest BCUT2D eigenvalue weighted by molar-refractivity contribution is 7.89. The molecular formula is C19H28ClN3O3S. The minimum absolute atomic E-state index is 0. The first-order valence-corrected chi connectivity index (χ1v) is 11.0. The molecule has 2 bridgehead atoms. The van der Waals surface area contributed by atoms with Crippen LogP contribution in [0.2, 0.25) is 0 Å². The topological polar surface area (TPSA) is 78.5 Å². The molecule has 1 amide bonds. The van der Waals surface area contributed by atoms with Gasteiger partial charge in [0.1, 0.15) is 0 Å². The van der Waals surface area contributed by atoms with Crippen LogP contribution < -0.4 is 10.0 Å². The molecule has 0 radical (unpaired) electrons. The molecule has 2 saturated heterocycles. The van der Waals surface area contributed by atoms with E-state index in [0.717, 1.165) is 43.2 Å². The van der Waals surface area contributed by atoms with Gasteiger partial charge < -0.3 is 10.2 Å². The van der Waals surface area contributed by atoms with Crippen LogP contribution in [-0.2, 0) is 27.7 Å². The van der Waals surface area contributed by atoms with Crippen LogP contribution in [0.5, 0.6) is 0 Å². The Hall–Kier alpha value is -1.15. The van der Waals surface area contributed by atoms with E-state index in [1.807, 2.05) is 11.0 Å². The van der Waals surface area contributed by atoms with Gasteiger partial charge >= 0.3 is 0 Å². The van der Waals surface area contributed by atoms with Gasteiger partial charge in [0.05, 0.1) is 4.90 Å². The number of carbonyl (C=O) groups is 1. The van der Waals surface area contributed by atoms with Crippen molar-refractivity contribution in [1.82, 2.24) is 14.9 Å². The van der Waals surface area contributed by atoms with Crippen LogP contribution in [0, 0.1) is 0 Å². The maximum Gasteiger partial charge on any atom is 0.240 e. The smallest absolute Gasteiger partial charge is 0.240 e. The van der Waals surface area contributed by atoms with E-state index in [-0.39, 0.29) is 24.4 Å². The molecule has 27 heavy (non-hydrogen) atoms. The number of amides is 1. The molecule has 4 rings (SSSR count). The van der Waals surface area contributed by atoms with Crippen LogP contribution in [0.15, 0.2) is 23.1 Å². The highest BCUT2D eigenvalue weighted by Gasteiger charge is 2.35. The van der Waals surface area contributed by atoms with Crippen molar-refractivity contribution in [3.05, 3.63) is 29.3 Å². The Morgan fingerprint density at radius 3 is 2.37 bits per heavy atom. The first-order valence-electron chi connectivity index (χ1n) is 9.56. The van der Waals surface area contributed by atoms with Crippen LogP contribution in [-0.4, -0.2) is 50.4 Å². The number of hydrogen-bond acceptors (Lipinski definition) is 4. The first kappa shape index (κ1) is 20.6. The zero-order valence-electron chi connectivity index (χ0n) is 15.6. The second-order valence-corrected chi connectivity index (χ2v) is 9.58. The van der Waals surface area contributed by atoms with Crippen LogP contribution in [0.25, 0.3) is 0 Å². The molecule has 0 aromatic heterocycles. The molecule has 8 heteroatoms. The lowest BCUT2D eigenvalue weighted by Crippen LogP contribution is -2.47.